The molecule has 0 unspecified atom stereocenters. The minimum atomic E-state index is -0.990. The van der Waals surface area contributed by atoms with Crippen LogP contribution in [-0.4, -0.2) is 81.4 Å². The molecule has 0 spiro atoms. The highest BCUT2D eigenvalue weighted by Gasteiger charge is 2.17. The number of rotatable bonds is 9. The molecule has 4 aromatic rings. The maximum Gasteiger partial charge on any atom is 0.341 e. The quantitative estimate of drug-likeness (QED) is 0.323. The van der Waals surface area contributed by atoms with E-state index in [9.17, 15) is 4.79 Å². The van der Waals surface area contributed by atoms with Crippen LogP contribution in [0.4, 0.5) is 17.6 Å². The smallest absolute Gasteiger partial charge is 0.341 e. The zero-order chi connectivity index (χ0) is 24.2. The number of piperazine rings is 1. The van der Waals surface area contributed by atoms with E-state index in [-0.39, 0.29) is 12.6 Å². The van der Waals surface area contributed by atoms with Gasteiger partial charge in [0.1, 0.15) is 11.4 Å². The molecule has 1 aliphatic heterocycles. The number of carboxylic acids is 1. The van der Waals surface area contributed by atoms with Crippen LogP contribution in [0.25, 0.3) is 17.1 Å². The monoisotopic (exact) mass is 478 g/mol. The second-order valence-electron chi connectivity index (χ2n) is 8.11. The lowest BCUT2D eigenvalue weighted by Gasteiger charge is -2.36. The van der Waals surface area contributed by atoms with E-state index in [0.29, 0.717) is 35.3 Å². The van der Waals surface area contributed by atoms with Gasteiger partial charge >= 0.3 is 5.97 Å². The van der Waals surface area contributed by atoms with Gasteiger partial charge in [0.05, 0.1) is 6.26 Å². The highest BCUT2D eigenvalue weighted by Crippen LogP contribution is 2.22. The van der Waals surface area contributed by atoms with Crippen LogP contribution in [0.5, 0.6) is 5.75 Å². The third-order valence-electron chi connectivity index (χ3n) is 5.77. The van der Waals surface area contributed by atoms with E-state index in [4.69, 9.17) is 20.0 Å². The van der Waals surface area contributed by atoms with Crippen LogP contribution in [0.2, 0.25) is 0 Å². The number of nitrogen functional groups attached to an aromatic ring is 1. The molecule has 35 heavy (non-hydrogen) atoms. The Morgan fingerprint density at radius 1 is 1.14 bits per heavy atom. The first kappa shape index (κ1) is 22.5. The van der Waals surface area contributed by atoms with Crippen molar-refractivity contribution in [2.75, 3.05) is 61.8 Å². The molecule has 0 aliphatic carbocycles. The summed E-state index contributed by atoms with van der Waals surface area (Å²) in [5.41, 5.74) is 8.42. The number of fused-ring (bicyclic) bond motifs is 1. The van der Waals surface area contributed by atoms with Gasteiger partial charge in [-0.15, -0.1) is 0 Å². The summed E-state index contributed by atoms with van der Waals surface area (Å²) in [6, 6.07) is 13.0. The molecule has 1 aliphatic rings. The summed E-state index contributed by atoms with van der Waals surface area (Å²) in [6.07, 6.45) is 1.59. The van der Waals surface area contributed by atoms with Gasteiger partial charge < -0.3 is 30.2 Å². The summed E-state index contributed by atoms with van der Waals surface area (Å²) in [6.45, 7) is 4.84. The first-order valence-corrected chi connectivity index (χ1v) is 11.3. The van der Waals surface area contributed by atoms with Gasteiger partial charge in [0.2, 0.25) is 11.9 Å². The Morgan fingerprint density at radius 3 is 2.66 bits per heavy atom. The zero-order valence-electron chi connectivity index (χ0n) is 19.0. The molecule has 0 radical (unpaired) electrons. The molecule has 4 N–H and O–H groups in total. The predicted molar refractivity (Wildman–Crippen MR) is 130 cm³/mol. The Hall–Kier alpha value is -4.32. The molecule has 0 atom stereocenters. The third kappa shape index (κ3) is 5.27. The van der Waals surface area contributed by atoms with E-state index in [1.165, 1.54) is 4.52 Å². The molecule has 3 aromatic heterocycles. The number of nitrogens with one attached hydrogen (secondary N) is 1. The lowest BCUT2D eigenvalue weighted by atomic mass is 10.2. The molecule has 1 fully saturated rings. The standard InChI is InChI=1S/C23H26N8O4/c24-22-27-23(26-20-14-18(28-31(20)22)19-2-1-13-34-19)25-7-8-29-9-11-30(12-10-29)16-3-5-17(6-4-16)35-15-21(32)33/h1-6,13-14H,7-12,15H2,(H,32,33)(H3,24,25,26,27). The molecule has 0 bridgehead atoms. The van der Waals surface area contributed by atoms with E-state index in [1.54, 1.807) is 24.5 Å². The number of hydrogen-bond acceptors (Lipinski definition) is 10. The van der Waals surface area contributed by atoms with E-state index in [1.807, 2.05) is 24.3 Å². The van der Waals surface area contributed by atoms with Crippen molar-refractivity contribution in [1.29, 1.82) is 0 Å². The number of nitrogens with two attached hydrogens (primary N) is 1. The van der Waals surface area contributed by atoms with Gasteiger partial charge in [-0.1, -0.05) is 0 Å². The Balaban J connectivity index is 1.10. The summed E-state index contributed by atoms with van der Waals surface area (Å²) in [7, 11) is 0. The molecule has 0 amide bonds. The zero-order valence-corrected chi connectivity index (χ0v) is 19.0. The lowest BCUT2D eigenvalue weighted by Crippen LogP contribution is -2.47. The van der Waals surface area contributed by atoms with Crippen molar-refractivity contribution < 1.29 is 19.1 Å². The Kier molecular flexibility index (Phi) is 6.35. The number of hydrogen-bond donors (Lipinski definition) is 3. The van der Waals surface area contributed by atoms with Crippen molar-refractivity contribution in [3.8, 4) is 17.2 Å². The van der Waals surface area contributed by atoms with E-state index in [2.05, 4.69) is 30.2 Å². The van der Waals surface area contributed by atoms with Crippen LogP contribution in [0.15, 0.2) is 53.1 Å². The second-order valence-corrected chi connectivity index (χ2v) is 8.11. The number of ether oxygens (including phenoxy) is 1. The van der Waals surface area contributed by atoms with Crippen molar-refractivity contribution >= 4 is 29.2 Å². The summed E-state index contributed by atoms with van der Waals surface area (Å²) in [5, 5.41) is 16.4. The first-order valence-electron chi connectivity index (χ1n) is 11.3. The van der Waals surface area contributed by atoms with Gasteiger partial charge in [0.25, 0.3) is 0 Å². The highest BCUT2D eigenvalue weighted by atomic mass is 16.5. The van der Waals surface area contributed by atoms with Crippen molar-refractivity contribution in [3.63, 3.8) is 0 Å². The highest BCUT2D eigenvalue weighted by molar-refractivity contribution is 5.68. The lowest BCUT2D eigenvalue weighted by molar-refractivity contribution is -0.139. The van der Waals surface area contributed by atoms with Crippen LogP contribution in [0, 0.1) is 0 Å². The largest absolute Gasteiger partial charge is 0.482 e. The fourth-order valence-corrected chi connectivity index (χ4v) is 3.99. The van der Waals surface area contributed by atoms with Gasteiger partial charge in [-0.3, -0.25) is 4.90 Å². The summed E-state index contributed by atoms with van der Waals surface area (Å²) in [5.74, 6) is 0.922. The van der Waals surface area contributed by atoms with Gasteiger partial charge in [-0.05, 0) is 36.4 Å². The molecule has 182 valence electrons. The molecule has 12 heteroatoms. The average Bonchev–Trinajstić information content (AvgIpc) is 3.54. The van der Waals surface area contributed by atoms with Crippen LogP contribution in [-0.2, 0) is 4.79 Å². The van der Waals surface area contributed by atoms with Crippen molar-refractivity contribution in [3.05, 3.63) is 48.7 Å². The maximum absolute atomic E-state index is 10.6. The number of benzene rings is 1. The average molecular weight is 479 g/mol. The van der Waals surface area contributed by atoms with Gasteiger partial charge in [0.15, 0.2) is 18.0 Å². The minimum Gasteiger partial charge on any atom is -0.482 e. The number of carbonyl (C=O) groups is 1. The number of aromatic nitrogens is 4. The number of aliphatic carboxylic acids is 1. The number of anilines is 3. The SMILES string of the molecule is Nc1nc(NCCN2CCN(c3ccc(OCC(=O)O)cc3)CC2)nc2cc(-c3ccco3)nn12. The van der Waals surface area contributed by atoms with Gasteiger partial charge in [-0.25, -0.2) is 4.79 Å². The van der Waals surface area contributed by atoms with Crippen molar-refractivity contribution in [2.24, 2.45) is 0 Å². The molecular weight excluding hydrogens is 452 g/mol. The van der Waals surface area contributed by atoms with Crippen molar-refractivity contribution in [1.82, 2.24) is 24.5 Å². The van der Waals surface area contributed by atoms with E-state index < -0.39 is 5.97 Å². The van der Waals surface area contributed by atoms with Crippen LogP contribution in [0.3, 0.4) is 0 Å². The van der Waals surface area contributed by atoms with E-state index >= 15 is 0 Å². The second kappa shape index (κ2) is 9.89. The van der Waals surface area contributed by atoms with Crippen molar-refractivity contribution in [2.45, 2.75) is 0 Å². The van der Waals surface area contributed by atoms with Crippen LogP contribution >= 0.6 is 0 Å². The molecule has 12 nitrogen and oxygen atoms in total. The fraction of sp³-hybridized carbons (Fsp3) is 0.304. The third-order valence-corrected chi connectivity index (χ3v) is 5.77. The molecule has 0 saturated carbocycles. The topological polar surface area (TPSA) is 147 Å². The minimum absolute atomic E-state index is 0.253. The van der Waals surface area contributed by atoms with Gasteiger partial charge in [0, 0.05) is 51.0 Å². The number of furan rings is 1. The Labute approximate surface area is 200 Å². The Morgan fingerprint density at radius 2 is 1.94 bits per heavy atom. The molecule has 1 aromatic carbocycles. The van der Waals surface area contributed by atoms with E-state index in [0.717, 1.165) is 38.4 Å². The maximum atomic E-state index is 10.6. The van der Waals surface area contributed by atoms with Crippen LogP contribution in [0.1, 0.15) is 0 Å². The molecule has 1 saturated heterocycles. The number of nitrogens with zero attached hydrogens (tertiary/aromatic N) is 6. The first-order chi connectivity index (χ1) is 17.0. The normalized spacial score (nSPS) is 14.3. The summed E-state index contributed by atoms with van der Waals surface area (Å²) < 4.78 is 12.1. The molecule has 4 heterocycles. The summed E-state index contributed by atoms with van der Waals surface area (Å²) in [4.78, 5) is 24.1. The van der Waals surface area contributed by atoms with Gasteiger partial charge in [-0.2, -0.15) is 19.6 Å². The molecular formula is C23H26N8O4. The molecule has 5 rings (SSSR count). The van der Waals surface area contributed by atoms with Crippen LogP contribution < -0.4 is 20.7 Å². The summed E-state index contributed by atoms with van der Waals surface area (Å²) >= 11 is 0. The predicted octanol–water partition coefficient (Wildman–Crippen LogP) is 1.66. The number of carboxylic acid groups (broad SMARTS) is 1. The Bertz CT molecular complexity index is 1280. The fourth-order valence-electron chi connectivity index (χ4n) is 3.99.